The first-order valence-corrected chi connectivity index (χ1v) is 10.7. The molecule has 1 amide bonds. The summed E-state index contributed by atoms with van der Waals surface area (Å²) >= 11 is 0. The predicted molar refractivity (Wildman–Crippen MR) is 122 cm³/mol. The van der Waals surface area contributed by atoms with Gasteiger partial charge in [-0.25, -0.2) is 18.7 Å². The molecule has 5 rings (SSSR count). The monoisotopic (exact) mass is 465 g/mol. The van der Waals surface area contributed by atoms with Gasteiger partial charge in [0, 0.05) is 36.3 Å². The number of aryl methyl sites for hydroxylation is 1. The van der Waals surface area contributed by atoms with Crippen molar-refractivity contribution in [1.82, 2.24) is 30.0 Å². The average Bonchev–Trinajstić information content (AvgIpc) is 3.37. The Bertz CT molecular complexity index is 1420. The topological polar surface area (TPSA) is 112 Å². The van der Waals surface area contributed by atoms with Crippen LogP contribution in [0, 0.1) is 18.6 Å². The minimum atomic E-state index is -0.764. The summed E-state index contributed by atoms with van der Waals surface area (Å²) < 4.78 is 35.5. The van der Waals surface area contributed by atoms with Crippen LogP contribution in [0.5, 0.6) is 11.6 Å². The van der Waals surface area contributed by atoms with E-state index < -0.39 is 11.6 Å². The first-order chi connectivity index (χ1) is 16.4. The number of allylic oxidation sites excluding steroid dienone is 1. The molecule has 4 heterocycles. The van der Waals surface area contributed by atoms with Crippen molar-refractivity contribution in [1.29, 1.82) is 0 Å². The molecule has 9 nitrogen and oxygen atoms in total. The second-order valence-corrected chi connectivity index (χ2v) is 7.90. The van der Waals surface area contributed by atoms with Crippen LogP contribution in [0.2, 0.25) is 0 Å². The van der Waals surface area contributed by atoms with Gasteiger partial charge < -0.3 is 19.9 Å². The van der Waals surface area contributed by atoms with Gasteiger partial charge in [-0.15, -0.1) is 0 Å². The number of benzene rings is 1. The van der Waals surface area contributed by atoms with Gasteiger partial charge in [0.2, 0.25) is 5.88 Å². The Morgan fingerprint density at radius 1 is 1.24 bits per heavy atom. The van der Waals surface area contributed by atoms with Gasteiger partial charge >= 0.3 is 0 Å². The van der Waals surface area contributed by atoms with E-state index in [-0.39, 0.29) is 39.8 Å². The van der Waals surface area contributed by atoms with E-state index in [1.807, 2.05) is 19.1 Å². The molecule has 174 valence electrons. The summed E-state index contributed by atoms with van der Waals surface area (Å²) in [7, 11) is 0. The molecule has 0 aliphatic carbocycles. The van der Waals surface area contributed by atoms with E-state index in [9.17, 15) is 9.18 Å². The lowest BCUT2D eigenvalue weighted by atomic mass is 10.1. The summed E-state index contributed by atoms with van der Waals surface area (Å²) in [5, 5.41) is 10.0. The molecule has 34 heavy (non-hydrogen) atoms. The second kappa shape index (κ2) is 8.58. The van der Waals surface area contributed by atoms with Crippen LogP contribution >= 0.6 is 0 Å². The van der Waals surface area contributed by atoms with Crippen LogP contribution in [0.3, 0.4) is 0 Å². The molecule has 1 aliphatic rings. The van der Waals surface area contributed by atoms with Gasteiger partial charge in [0.05, 0.1) is 11.2 Å². The van der Waals surface area contributed by atoms with Crippen molar-refractivity contribution in [2.75, 3.05) is 18.4 Å². The van der Waals surface area contributed by atoms with Crippen molar-refractivity contribution < 1.29 is 18.3 Å². The maximum Gasteiger partial charge on any atom is 0.263 e. The molecule has 0 radical (unpaired) electrons. The Morgan fingerprint density at radius 2 is 2.06 bits per heavy atom. The predicted octanol–water partition coefficient (Wildman–Crippen LogP) is 4.68. The van der Waals surface area contributed by atoms with Crippen LogP contribution in [0.1, 0.15) is 35.1 Å². The highest BCUT2D eigenvalue weighted by atomic mass is 19.1. The molecular weight excluding hydrogens is 444 g/mol. The number of nitrogens with zero attached hydrogens (tertiary/aromatic N) is 4. The van der Waals surface area contributed by atoms with Crippen LogP contribution in [-0.4, -0.2) is 49.0 Å². The van der Waals surface area contributed by atoms with Crippen molar-refractivity contribution >= 4 is 34.5 Å². The van der Waals surface area contributed by atoms with Gasteiger partial charge in [-0.05, 0) is 32.4 Å². The number of halogens is 2. The molecule has 0 atom stereocenters. The van der Waals surface area contributed by atoms with Crippen molar-refractivity contribution in [2.24, 2.45) is 0 Å². The van der Waals surface area contributed by atoms with E-state index in [0.717, 1.165) is 18.2 Å². The largest absolute Gasteiger partial charge is 0.435 e. The number of ether oxygens (including phenoxy) is 1. The fourth-order valence-electron chi connectivity index (χ4n) is 3.71. The number of carbonyl (C=O) groups excluding carboxylic acids is 1. The van der Waals surface area contributed by atoms with Gasteiger partial charge in [-0.3, -0.25) is 9.89 Å². The molecule has 0 bridgehead atoms. The maximum atomic E-state index is 15.2. The average molecular weight is 465 g/mol. The molecule has 3 aromatic heterocycles. The number of rotatable bonds is 6. The highest BCUT2D eigenvalue weighted by Gasteiger charge is 2.30. The lowest BCUT2D eigenvalue weighted by Crippen LogP contribution is -2.42. The highest BCUT2D eigenvalue weighted by Crippen LogP contribution is 2.35. The zero-order valence-electron chi connectivity index (χ0n) is 18.4. The lowest BCUT2D eigenvalue weighted by molar-refractivity contribution is 0.0649. The van der Waals surface area contributed by atoms with Crippen molar-refractivity contribution in [2.45, 2.75) is 20.3 Å². The van der Waals surface area contributed by atoms with Crippen LogP contribution in [0.4, 0.5) is 20.4 Å². The highest BCUT2D eigenvalue weighted by molar-refractivity contribution is 6.02. The van der Waals surface area contributed by atoms with Crippen LogP contribution in [0.25, 0.3) is 17.0 Å². The van der Waals surface area contributed by atoms with Crippen molar-refractivity contribution in [3.8, 4) is 11.6 Å². The zero-order valence-corrected chi connectivity index (χ0v) is 18.4. The van der Waals surface area contributed by atoms with Crippen LogP contribution < -0.4 is 10.1 Å². The van der Waals surface area contributed by atoms with E-state index >= 15 is 4.39 Å². The van der Waals surface area contributed by atoms with Crippen molar-refractivity contribution in [3.05, 3.63) is 59.2 Å². The van der Waals surface area contributed by atoms with Crippen molar-refractivity contribution in [3.63, 3.8) is 0 Å². The summed E-state index contributed by atoms with van der Waals surface area (Å²) in [6.45, 7) is 4.71. The quantitative estimate of drug-likeness (QED) is 0.381. The molecule has 0 unspecified atom stereocenters. The number of fused-ring (bicyclic) bond motifs is 1. The first kappa shape index (κ1) is 21.6. The Labute approximate surface area is 192 Å². The van der Waals surface area contributed by atoms with Gasteiger partial charge in [0.1, 0.15) is 11.9 Å². The summed E-state index contributed by atoms with van der Waals surface area (Å²) in [5.74, 6) is -1.86. The number of hydrogen-bond acceptors (Lipinski definition) is 6. The number of H-pyrrole nitrogens is 2. The maximum absolute atomic E-state index is 15.2. The number of likely N-dealkylation sites (tertiary alicyclic amines) is 1. The normalized spacial score (nSPS) is 13.5. The first-order valence-electron chi connectivity index (χ1n) is 10.7. The minimum Gasteiger partial charge on any atom is -0.435 e. The molecule has 11 heteroatoms. The molecule has 1 fully saturated rings. The minimum absolute atomic E-state index is 0.00272. The number of aromatic nitrogens is 5. The van der Waals surface area contributed by atoms with E-state index in [4.69, 9.17) is 4.74 Å². The molecule has 1 aliphatic heterocycles. The number of amides is 1. The fraction of sp³-hybridized carbons (Fsp3) is 0.217. The van der Waals surface area contributed by atoms with Gasteiger partial charge in [-0.1, -0.05) is 6.08 Å². The van der Waals surface area contributed by atoms with Crippen LogP contribution in [-0.2, 0) is 0 Å². The summed E-state index contributed by atoms with van der Waals surface area (Å²) in [6.07, 6.45) is 5.73. The Morgan fingerprint density at radius 3 is 2.79 bits per heavy atom. The number of nitrogens with one attached hydrogen (secondary N) is 3. The third-order valence-electron chi connectivity index (χ3n) is 5.47. The second-order valence-electron chi connectivity index (χ2n) is 7.90. The molecule has 1 saturated heterocycles. The van der Waals surface area contributed by atoms with Gasteiger partial charge in [-0.2, -0.15) is 5.10 Å². The molecule has 1 aromatic carbocycles. The van der Waals surface area contributed by atoms with E-state index in [0.29, 0.717) is 24.6 Å². The molecule has 3 N–H and O–H groups in total. The van der Waals surface area contributed by atoms with E-state index in [1.165, 1.54) is 12.4 Å². The number of hydrogen-bond donors (Lipinski definition) is 3. The summed E-state index contributed by atoms with van der Waals surface area (Å²) in [5.41, 5.74) is 1.39. The standard InChI is InChI=1S/C23H21F2N7O2/c1-3-5-13-9-17(31-30-13)29-21-18(23(33)32-6-4-7-32)22(27-11-26-21)34-16-10-15(24)20-14(19(16)25)8-12(2)28-20/h3,5,8-11,28H,4,6-7H2,1-2H3,(H2,26,27,29,30,31)/b5-3+. The number of aromatic amines is 2. The number of carbonyl (C=O) groups is 1. The summed E-state index contributed by atoms with van der Waals surface area (Å²) in [6, 6.07) is 4.15. The lowest BCUT2D eigenvalue weighted by Gasteiger charge is -2.31. The fourth-order valence-corrected chi connectivity index (χ4v) is 3.71. The van der Waals surface area contributed by atoms with Crippen LogP contribution in [0.15, 0.2) is 30.6 Å². The third-order valence-corrected chi connectivity index (χ3v) is 5.47. The molecule has 4 aromatic rings. The Kier molecular flexibility index (Phi) is 5.44. The zero-order chi connectivity index (χ0) is 23.8. The summed E-state index contributed by atoms with van der Waals surface area (Å²) in [4.78, 5) is 25.9. The smallest absolute Gasteiger partial charge is 0.263 e. The van der Waals surface area contributed by atoms with E-state index in [1.54, 1.807) is 17.9 Å². The SMILES string of the molecule is C/C=C/c1cc(Nc2ncnc(Oc3cc(F)c4[nH]c(C)cc4c3F)c2C(=O)N2CCC2)n[nH]1. The third kappa shape index (κ3) is 3.85. The molecule has 0 saturated carbocycles. The van der Waals surface area contributed by atoms with E-state index in [2.05, 4.69) is 30.5 Å². The number of anilines is 2. The Hall–Kier alpha value is -4.28. The molecule has 0 spiro atoms. The Balaban J connectivity index is 1.56. The van der Waals surface area contributed by atoms with Gasteiger partial charge in [0.25, 0.3) is 5.91 Å². The molecular formula is C23H21F2N7O2. The van der Waals surface area contributed by atoms with Gasteiger partial charge in [0.15, 0.2) is 29.0 Å².